The van der Waals surface area contributed by atoms with E-state index in [4.69, 9.17) is 28.4 Å². The van der Waals surface area contributed by atoms with Gasteiger partial charge in [-0.2, -0.15) is 0 Å². The Labute approximate surface area is 617 Å². The zero-order chi connectivity index (χ0) is 73.9. The summed E-state index contributed by atoms with van der Waals surface area (Å²) < 4.78 is 34.5. The number of unbranched alkanes of at least 4 members (excludes halogenated alkanes) is 39. The summed E-state index contributed by atoms with van der Waals surface area (Å²) >= 11 is 0. The van der Waals surface area contributed by atoms with Crippen molar-refractivity contribution in [2.75, 3.05) is 26.4 Å². The molecule has 3 rings (SSSR count). The maximum Gasteiger partial charge on any atom is 0.220 e. The monoisotopic (exact) mass is 1450 g/mol. The summed E-state index contributed by atoms with van der Waals surface area (Å²) in [5.74, 6) is -0.285. The van der Waals surface area contributed by atoms with Crippen LogP contribution in [0.1, 0.15) is 316 Å². The molecule has 594 valence electrons. The summed E-state index contributed by atoms with van der Waals surface area (Å²) in [7, 11) is 0. The second-order valence-corrected chi connectivity index (χ2v) is 29.2. The fourth-order valence-electron chi connectivity index (χ4n) is 13.7. The zero-order valence-electron chi connectivity index (χ0n) is 63.6. The van der Waals surface area contributed by atoms with Crippen LogP contribution in [0.4, 0.5) is 0 Å². The fourth-order valence-corrected chi connectivity index (χ4v) is 13.7. The molecule has 0 bridgehead atoms. The fraction of sp³-hybridized carbons (Fsp3) is 0.843. The van der Waals surface area contributed by atoms with Gasteiger partial charge >= 0.3 is 0 Å². The third-order valence-corrected chi connectivity index (χ3v) is 20.2. The molecule has 0 saturated carbocycles. The van der Waals surface area contributed by atoms with E-state index in [1.54, 1.807) is 6.08 Å². The number of carbonyl (C=O) groups excluding carboxylic acids is 1. The van der Waals surface area contributed by atoms with Crippen LogP contribution in [-0.4, -0.2) is 193 Å². The molecule has 3 saturated heterocycles. The lowest BCUT2D eigenvalue weighted by molar-refractivity contribution is -0.379. The Morgan fingerprint density at radius 2 is 0.686 bits per heavy atom. The molecule has 17 unspecified atom stereocenters. The number of rotatable bonds is 65. The van der Waals surface area contributed by atoms with E-state index in [1.807, 2.05) is 6.08 Å². The Balaban J connectivity index is 1.38. The van der Waals surface area contributed by atoms with E-state index in [9.17, 15) is 61.0 Å². The zero-order valence-corrected chi connectivity index (χ0v) is 63.6. The minimum Gasteiger partial charge on any atom is -0.394 e. The van der Waals surface area contributed by atoms with Gasteiger partial charge in [0.05, 0.1) is 38.6 Å². The largest absolute Gasteiger partial charge is 0.394 e. The first kappa shape index (κ1) is 93.4. The molecular formula is C83H149NO18. The highest BCUT2D eigenvalue weighted by Gasteiger charge is 2.54. The molecule has 3 heterocycles. The van der Waals surface area contributed by atoms with Crippen molar-refractivity contribution in [3.05, 3.63) is 72.9 Å². The van der Waals surface area contributed by atoms with Gasteiger partial charge in [-0.25, -0.2) is 0 Å². The predicted molar refractivity (Wildman–Crippen MR) is 406 cm³/mol. The van der Waals surface area contributed by atoms with Crippen molar-refractivity contribution in [3.8, 4) is 0 Å². The highest BCUT2D eigenvalue weighted by atomic mass is 16.8. The van der Waals surface area contributed by atoms with Crippen molar-refractivity contribution in [2.45, 2.75) is 420 Å². The van der Waals surface area contributed by atoms with Crippen LogP contribution in [0.5, 0.6) is 0 Å². The summed E-state index contributed by atoms with van der Waals surface area (Å²) in [6, 6.07) is -0.995. The quantitative estimate of drug-likeness (QED) is 0.0199. The molecule has 0 radical (unpaired) electrons. The van der Waals surface area contributed by atoms with E-state index in [0.717, 1.165) is 70.6 Å². The summed E-state index contributed by atoms with van der Waals surface area (Å²) in [4.78, 5) is 13.5. The van der Waals surface area contributed by atoms with Crippen LogP contribution in [0.25, 0.3) is 0 Å². The number of aliphatic hydroxyl groups excluding tert-OH is 11. The first-order chi connectivity index (χ1) is 49.8. The average Bonchev–Trinajstić information content (AvgIpc) is 0.782. The molecule has 19 heteroatoms. The van der Waals surface area contributed by atoms with Gasteiger partial charge in [-0.3, -0.25) is 4.79 Å². The summed E-state index contributed by atoms with van der Waals surface area (Å²) in [5.41, 5.74) is 0. The van der Waals surface area contributed by atoms with Crippen LogP contribution < -0.4 is 5.32 Å². The molecule has 12 N–H and O–H groups in total. The third-order valence-electron chi connectivity index (χ3n) is 20.2. The lowest BCUT2D eigenvalue weighted by Crippen LogP contribution is -2.66. The summed E-state index contributed by atoms with van der Waals surface area (Å²) in [5, 5.41) is 121. The Kier molecular flexibility index (Phi) is 57.9. The van der Waals surface area contributed by atoms with E-state index < -0.39 is 124 Å². The number of nitrogens with one attached hydrogen (secondary N) is 1. The molecule has 0 aromatic carbocycles. The molecule has 1 amide bonds. The number of allylic oxidation sites excluding steroid dienone is 11. The molecule has 0 spiro atoms. The molecule has 19 nitrogen and oxygen atoms in total. The third kappa shape index (κ3) is 42.7. The van der Waals surface area contributed by atoms with Gasteiger partial charge in [0.25, 0.3) is 0 Å². The topological polar surface area (TPSA) is 307 Å². The Morgan fingerprint density at radius 3 is 1.10 bits per heavy atom. The SMILES string of the molecule is CC/C=C\C/C=C\C/C=C\C/C=C\CCCCCCCCCCCCCCCCC(=O)NC(COC1OC(CO)C(OC2OC(CO)C(OC3OC(CO)C(O)C(O)C3O)C(O)C2O)C(O)C1O)C(O)/C=C/CC/C=C/CCCCCCCCCCCCCCCCCCCCCCCCCC. The second kappa shape index (κ2) is 63.2. The van der Waals surface area contributed by atoms with E-state index in [0.29, 0.717) is 12.8 Å². The molecular weight excluding hydrogens is 1300 g/mol. The van der Waals surface area contributed by atoms with Gasteiger partial charge in [0.1, 0.15) is 73.2 Å². The Bertz CT molecular complexity index is 2120. The van der Waals surface area contributed by atoms with Crippen molar-refractivity contribution in [1.29, 1.82) is 0 Å². The average molecular weight is 1450 g/mol. The van der Waals surface area contributed by atoms with Crippen LogP contribution in [0, 0.1) is 0 Å². The normalized spacial score (nSPS) is 26.5. The van der Waals surface area contributed by atoms with Crippen molar-refractivity contribution >= 4 is 5.91 Å². The van der Waals surface area contributed by atoms with E-state index >= 15 is 0 Å². The highest BCUT2D eigenvalue weighted by Crippen LogP contribution is 2.33. The first-order valence-corrected chi connectivity index (χ1v) is 41.2. The molecule has 17 atom stereocenters. The molecule has 3 aliphatic heterocycles. The van der Waals surface area contributed by atoms with Crippen LogP contribution >= 0.6 is 0 Å². The van der Waals surface area contributed by atoms with E-state index in [-0.39, 0.29) is 18.9 Å². The summed E-state index contributed by atoms with van der Waals surface area (Å²) in [6.07, 6.45) is 56.1. The minimum atomic E-state index is -1.98. The molecule has 0 aromatic heterocycles. The Morgan fingerprint density at radius 1 is 0.363 bits per heavy atom. The van der Waals surface area contributed by atoms with E-state index in [2.05, 4.69) is 79.9 Å². The lowest BCUT2D eigenvalue weighted by Gasteiger charge is -2.48. The van der Waals surface area contributed by atoms with Crippen molar-refractivity contribution in [2.24, 2.45) is 0 Å². The first-order valence-electron chi connectivity index (χ1n) is 41.2. The van der Waals surface area contributed by atoms with Crippen LogP contribution in [0.2, 0.25) is 0 Å². The van der Waals surface area contributed by atoms with Gasteiger partial charge in [-0.1, -0.05) is 311 Å². The van der Waals surface area contributed by atoms with Gasteiger partial charge in [0, 0.05) is 6.42 Å². The van der Waals surface area contributed by atoms with Crippen LogP contribution in [0.3, 0.4) is 0 Å². The van der Waals surface area contributed by atoms with Gasteiger partial charge in [0.15, 0.2) is 18.9 Å². The van der Waals surface area contributed by atoms with Gasteiger partial charge < -0.3 is 89.9 Å². The number of amides is 1. The predicted octanol–water partition coefficient (Wildman–Crippen LogP) is 14.0. The standard InChI is InChI=1S/C83H149NO18/c1-3-5-7-9-11-13-15-17-19-21-23-25-27-29-31-32-33-35-36-38-40-42-44-46-48-50-52-54-56-58-60-67(88)66(84-71(89)61-59-57-55-53-51-49-47-45-43-41-39-37-34-30-28-26-24-22-20-18-16-14-12-10-8-6-4-2)65-97-81-77(95)74(92)79(69(63-86)99-81)102-83-78(96)75(93)80(70(64-87)100-83)101-82-76(94)73(91)72(90)68(62-85)98-82/h6,8,12,14,18,20,24,26,50,52,58,60,66-70,72-83,85-88,90-96H,3-5,7,9-11,13,15-17,19,21-23,25,27-49,51,53-57,59,61-65H2,1-2H3,(H,84,89)/b8-6-,14-12-,20-18-,26-24-,52-50+,60-58+. The van der Waals surface area contributed by atoms with Crippen molar-refractivity contribution < 1.29 is 89.4 Å². The van der Waals surface area contributed by atoms with Gasteiger partial charge in [0.2, 0.25) is 5.91 Å². The number of hydrogen-bond acceptors (Lipinski definition) is 18. The number of hydrogen-bond donors (Lipinski definition) is 12. The van der Waals surface area contributed by atoms with Gasteiger partial charge in [-0.15, -0.1) is 0 Å². The van der Waals surface area contributed by atoms with Crippen molar-refractivity contribution in [3.63, 3.8) is 0 Å². The van der Waals surface area contributed by atoms with Gasteiger partial charge in [-0.05, 0) is 70.6 Å². The van der Waals surface area contributed by atoms with E-state index in [1.165, 1.54) is 212 Å². The second-order valence-electron chi connectivity index (χ2n) is 29.2. The lowest BCUT2D eigenvalue weighted by atomic mass is 9.96. The van der Waals surface area contributed by atoms with Crippen LogP contribution in [0.15, 0.2) is 72.9 Å². The molecule has 0 aromatic rings. The maximum absolute atomic E-state index is 13.5. The number of aliphatic hydroxyl groups is 11. The molecule has 3 fully saturated rings. The highest BCUT2D eigenvalue weighted by molar-refractivity contribution is 5.76. The summed E-state index contributed by atoms with van der Waals surface area (Å²) in [6.45, 7) is 1.64. The van der Waals surface area contributed by atoms with Crippen molar-refractivity contribution in [1.82, 2.24) is 5.32 Å². The molecule has 3 aliphatic rings. The maximum atomic E-state index is 13.5. The number of ether oxygens (including phenoxy) is 6. The van der Waals surface area contributed by atoms with Crippen LogP contribution in [-0.2, 0) is 33.2 Å². The minimum absolute atomic E-state index is 0.232. The molecule has 0 aliphatic carbocycles. The number of carbonyl (C=O) groups is 1. The molecule has 102 heavy (non-hydrogen) atoms. The Hall–Kier alpha value is -2.77. The smallest absolute Gasteiger partial charge is 0.220 e.